The Kier molecular flexibility index (Phi) is 32.4. The molecule has 0 aliphatic rings. The Balaban J connectivity index is 1.52. The highest BCUT2D eigenvalue weighted by Crippen LogP contribution is 2.32. The Hall–Kier alpha value is -3.00. The van der Waals surface area contributed by atoms with E-state index in [9.17, 15) is 19.6 Å². The summed E-state index contributed by atoms with van der Waals surface area (Å²) < 4.78 is 64.2. The first-order valence-corrected chi connectivity index (χ1v) is 21.2. The number of nitrogen functional groups attached to an aromatic ring is 1. The summed E-state index contributed by atoms with van der Waals surface area (Å²) in [4.78, 5) is 39.4. The number of benzene rings is 1. The van der Waals surface area contributed by atoms with E-state index in [-0.39, 0.29) is 35.6 Å². The van der Waals surface area contributed by atoms with Crippen molar-refractivity contribution in [2.24, 2.45) is 0 Å². The number of aliphatic carboxylic acids is 1. The normalized spacial score (nSPS) is 11.5. The van der Waals surface area contributed by atoms with E-state index in [2.05, 4.69) is 9.37 Å². The van der Waals surface area contributed by atoms with E-state index in [4.69, 9.17) is 62.6 Å². The van der Waals surface area contributed by atoms with E-state index in [1.165, 1.54) is 6.07 Å². The minimum atomic E-state index is -0.869. The number of carbonyl (C=O) groups is 2. The molecule has 0 fully saturated rings. The molecule has 1 aromatic heterocycles. The number of carbonyl (C=O) groups excluding carboxylic acids is 1. The van der Waals surface area contributed by atoms with Gasteiger partial charge in [-0.15, -0.1) is 0 Å². The minimum absolute atomic E-state index is 0.0525. The molecule has 3 N–H and O–H groups in total. The van der Waals surface area contributed by atoms with Crippen LogP contribution < -0.4 is 16.6 Å². The van der Waals surface area contributed by atoms with E-state index >= 15 is 0 Å². The smallest absolute Gasteiger partial charge is 0.340 e. The SMILES string of the molecule is COCCOCCOCCOCCOCCOCCOCCOCCOCCOCCCN(CCCCCC(=O)O)C(=O)Cc1c(C)c2cc(SOO[O-])c(N)cc2oc1=O. The largest absolute Gasteiger partial charge is 0.691 e. The van der Waals surface area contributed by atoms with E-state index in [0.717, 1.165) is 0 Å². The highest BCUT2D eigenvalue weighted by atomic mass is 32.2. The van der Waals surface area contributed by atoms with Gasteiger partial charge in [0.15, 0.2) is 0 Å². The molecular weight excluding hydrogens is 829 g/mol. The average Bonchev–Trinajstić information content (AvgIpc) is 3.24. The maximum Gasteiger partial charge on any atom is 0.340 e. The van der Waals surface area contributed by atoms with Gasteiger partial charge in [0, 0.05) is 44.7 Å². The summed E-state index contributed by atoms with van der Waals surface area (Å²) in [6, 6.07) is 3.03. The molecule has 0 radical (unpaired) electrons. The zero-order valence-corrected chi connectivity index (χ0v) is 36.4. The Morgan fingerprint density at radius 3 is 1.61 bits per heavy atom. The minimum Gasteiger partial charge on any atom is -0.691 e. The molecule has 1 heterocycles. The Bertz CT molecular complexity index is 1500. The van der Waals surface area contributed by atoms with Crippen molar-refractivity contribution in [3.63, 3.8) is 0 Å². The number of anilines is 1. The molecule has 0 atom stereocenters. The fourth-order valence-corrected chi connectivity index (χ4v) is 5.92. The monoisotopic (exact) mass is 893 g/mol. The molecular formula is C40H65N2O18S-. The number of ether oxygens (including phenoxy) is 10. The molecule has 1 aromatic carbocycles. The number of fused-ring (bicyclic) bond motifs is 1. The highest BCUT2D eigenvalue weighted by molar-refractivity contribution is 7.94. The zero-order valence-electron chi connectivity index (χ0n) is 35.6. The van der Waals surface area contributed by atoms with Crippen molar-refractivity contribution in [3.05, 3.63) is 33.7 Å². The average molecular weight is 894 g/mol. The quantitative estimate of drug-likeness (QED) is 0.0242. The fraction of sp³-hybridized carbons (Fsp3) is 0.725. The van der Waals surface area contributed by atoms with Gasteiger partial charge in [-0.3, -0.25) is 14.6 Å². The summed E-state index contributed by atoms with van der Waals surface area (Å²) in [7, 11) is 1.63. The number of rotatable bonds is 42. The molecule has 2 rings (SSSR count). The summed E-state index contributed by atoms with van der Waals surface area (Å²) >= 11 is 0.610. The second-order valence-corrected chi connectivity index (χ2v) is 14.0. The first kappa shape index (κ1) is 54.1. The van der Waals surface area contributed by atoms with Crippen molar-refractivity contribution in [2.45, 2.75) is 50.3 Å². The Morgan fingerprint density at radius 2 is 1.15 bits per heavy atom. The van der Waals surface area contributed by atoms with Crippen LogP contribution in [0.2, 0.25) is 0 Å². The summed E-state index contributed by atoms with van der Waals surface area (Å²) in [5.41, 5.74) is 6.48. The van der Waals surface area contributed by atoms with Gasteiger partial charge in [0.1, 0.15) is 5.58 Å². The maximum absolute atomic E-state index is 13.5. The van der Waals surface area contributed by atoms with Crippen LogP contribution >= 0.6 is 12.0 Å². The van der Waals surface area contributed by atoms with Crippen molar-refractivity contribution < 1.29 is 81.1 Å². The first-order chi connectivity index (χ1) is 29.8. The summed E-state index contributed by atoms with van der Waals surface area (Å²) in [6.45, 7) is 11.3. The lowest BCUT2D eigenvalue weighted by Gasteiger charge is -2.23. The lowest BCUT2D eigenvalue weighted by atomic mass is 10.0. The van der Waals surface area contributed by atoms with E-state index in [1.807, 2.05) is 0 Å². The van der Waals surface area contributed by atoms with Crippen LogP contribution in [0.1, 0.15) is 43.2 Å². The third-order valence-electron chi connectivity index (χ3n) is 8.69. The number of methoxy groups -OCH3 is 1. The number of amides is 1. The molecule has 21 heteroatoms. The number of nitrogens with two attached hydrogens (primary N) is 1. The zero-order chi connectivity index (χ0) is 44.2. The number of carboxylic acids is 1. The van der Waals surface area contributed by atoms with E-state index in [1.54, 1.807) is 25.0 Å². The Labute approximate surface area is 361 Å². The number of carboxylic acid groups (broad SMARTS) is 1. The number of hydrogen-bond donors (Lipinski definition) is 2. The van der Waals surface area contributed by atoms with Gasteiger partial charge in [-0.05, 0) is 37.8 Å². The molecule has 0 aliphatic heterocycles. The number of unbranched alkanes of at least 4 members (excludes halogenated alkanes) is 2. The van der Waals surface area contributed by atoms with Crippen molar-refractivity contribution >= 4 is 40.6 Å². The second-order valence-electron chi connectivity index (χ2n) is 13.2. The molecule has 0 spiro atoms. The molecule has 0 unspecified atom stereocenters. The van der Waals surface area contributed by atoms with Crippen LogP contribution in [0, 0.1) is 6.92 Å². The molecule has 350 valence electrons. The number of aryl methyl sites for hydroxylation is 1. The van der Waals surface area contributed by atoms with Crippen molar-refractivity contribution in [2.75, 3.05) is 151 Å². The van der Waals surface area contributed by atoms with E-state index in [0.29, 0.717) is 192 Å². The van der Waals surface area contributed by atoms with Gasteiger partial charge in [0.05, 0.1) is 154 Å². The van der Waals surface area contributed by atoms with Crippen LogP contribution in [0.15, 0.2) is 26.2 Å². The van der Waals surface area contributed by atoms with Gasteiger partial charge in [-0.2, -0.15) is 4.33 Å². The molecule has 1 amide bonds. The predicted octanol–water partition coefficient (Wildman–Crippen LogP) is 2.12. The van der Waals surface area contributed by atoms with Crippen LogP contribution in [0.5, 0.6) is 0 Å². The van der Waals surface area contributed by atoms with Gasteiger partial charge >= 0.3 is 11.6 Å². The third kappa shape index (κ3) is 26.3. The lowest BCUT2D eigenvalue weighted by molar-refractivity contribution is -0.777. The van der Waals surface area contributed by atoms with Gasteiger partial charge < -0.3 is 72.8 Å². The van der Waals surface area contributed by atoms with Crippen molar-refractivity contribution in [1.82, 2.24) is 4.90 Å². The molecule has 0 aliphatic carbocycles. The molecule has 2 aromatic rings. The first-order valence-electron chi connectivity index (χ1n) is 20.5. The van der Waals surface area contributed by atoms with E-state index < -0.39 is 11.6 Å². The van der Waals surface area contributed by atoms with Crippen molar-refractivity contribution in [3.8, 4) is 0 Å². The fourth-order valence-electron chi connectivity index (χ4n) is 5.50. The van der Waals surface area contributed by atoms with Crippen LogP contribution in [0.3, 0.4) is 0 Å². The molecule has 20 nitrogen and oxygen atoms in total. The number of nitrogens with zero attached hydrogens (tertiary/aromatic N) is 1. The maximum atomic E-state index is 13.5. The van der Waals surface area contributed by atoms with Crippen LogP contribution in [0.4, 0.5) is 5.69 Å². The third-order valence-corrected chi connectivity index (χ3v) is 9.35. The van der Waals surface area contributed by atoms with Gasteiger partial charge in [-0.25, -0.2) is 4.79 Å². The summed E-state index contributed by atoms with van der Waals surface area (Å²) in [5.74, 6) is -1.15. The molecule has 61 heavy (non-hydrogen) atoms. The molecule has 0 bridgehead atoms. The van der Waals surface area contributed by atoms with Crippen LogP contribution in [-0.2, 0) is 72.8 Å². The van der Waals surface area contributed by atoms with Crippen LogP contribution in [-0.4, -0.2) is 168 Å². The predicted molar refractivity (Wildman–Crippen MR) is 220 cm³/mol. The summed E-state index contributed by atoms with van der Waals surface area (Å²) in [6.07, 6.45) is 2.11. The van der Waals surface area contributed by atoms with Crippen molar-refractivity contribution in [1.29, 1.82) is 0 Å². The Morgan fingerprint density at radius 1 is 0.689 bits per heavy atom. The van der Waals surface area contributed by atoms with Gasteiger partial charge in [0.25, 0.3) is 0 Å². The highest BCUT2D eigenvalue weighted by Gasteiger charge is 2.20. The van der Waals surface area contributed by atoms with Gasteiger partial charge in [0.2, 0.25) is 5.91 Å². The lowest BCUT2D eigenvalue weighted by Crippen LogP contribution is -2.36. The van der Waals surface area contributed by atoms with Gasteiger partial charge in [-0.1, -0.05) is 6.42 Å². The van der Waals surface area contributed by atoms with Crippen LogP contribution in [0.25, 0.3) is 11.0 Å². The molecule has 0 saturated heterocycles. The number of hydrogen-bond acceptors (Lipinski definition) is 19. The summed E-state index contributed by atoms with van der Waals surface area (Å²) in [5, 5.41) is 23.2. The standard InChI is InChI=1S/C40H66N2O18S/c1-32-33-29-37(61-60-59-47)35(41)31-36(33)58-40(46)34(32)30-38(43)42(8-5-3-4-7-39(44)45)9-6-10-49-13-14-51-17-18-53-21-22-55-25-26-57-28-27-56-24-23-54-20-19-52-16-15-50-12-11-48-2/h29,31,47H,3-28,30,41H2,1-2H3,(H,44,45)/p-1. The molecule has 0 saturated carbocycles. The second kappa shape index (κ2) is 36.5. The topological polar surface area (TPSA) is 248 Å².